The van der Waals surface area contributed by atoms with Gasteiger partial charge in [0.1, 0.15) is 14.2 Å². The van der Waals surface area contributed by atoms with E-state index in [2.05, 4.69) is 11.7 Å². The van der Waals surface area contributed by atoms with Gasteiger partial charge in [-0.1, -0.05) is 36.0 Å². The number of fused-ring (bicyclic) bond motifs is 1. The molecule has 0 saturated heterocycles. The Morgan fingerprint density at radius 3 is 2.58 bits per heavy atom. The van der Waals surface area contributed by atoms with Gasteiger partial charge in [-0.15, -0.1) is 17.9 Å². The molecule has 9 nitrogen and oxygen atoms in total. The summed E-state index contributed by atoms with van der Waals surface area (Å²) in [5.41, 5.74) is 1.55. The molecule has 0 atom stereocenters. The predicted octanol–water partition coefficient (Wildman–Crippen LogP) is 2.22. The Hall–Kier alpha value is -3.45. The third-order valence-corrected chi connectivity index (χ3v) is 9.12. The molecule has 184 valence electrons. The summed E-state index contributed by atoms with van der Waals surface area (Å²) in [5, 5.41) is 6.18. The molecule has 3 aromatic rings. The van der Waals surface area contributed by atoms with E-state index >= 15 is 0 Å². The molecular weight excluding hydrogens is 520 g/mol. The van der Waals surface area contributed by atoms with Crippen molar-refractivity contribution in [1.29, 1.82) is 0 Å². The first kappa shape index (κ1) is 24.3. The van der Waals surface area contributed by atoms with Crippen molar-refractivity contribution in [2.45, 2.75) is 23.3 Å². The topological polar surface area (TPSA) is 112 Å². The number of hydrazone groups is 1. The first-order valence-corrected chi connectivity index (χ1v) is 13.8. The number of amides is 1. The molecule has 0 aliphatic carbocycles. The summed E-state index contributed by atoms with van der Waals surface area (Å²) < 4.78 is 35.0. The van der Waals surface area contributed by atoms with Gasteiger partial charge in [-0.2, -0.15) is 18.5 Å². The predicted molar refractivity (Wildman–Crippen MR) is 142 cm³/mol. The van der Waals surface area contributed by atoms with E-state index in [1.807, 2.05) is 36.2 Å². The number of benzene rings is 2. The second-order valence-electron chi connectivity index (χ2n) is 8.02. The Balaban J connectivity index is 1.71. The van der Waals surface area contributed by atoms with Gasteiger partial charge in [0.05, 0.1) is 27.6 Å². The van der Waals surface area contributed by atoms with Crippen LogP contribution < -0.4 is 24.7 Å². The fraction of sp³-hybridized carbons (Fsp3) is 0.125. The zero-order valence-corrected chi connectivity index (χ0v) is 21.7. The second-order valence-corrected chi connectivity index (χ2v) is 11.5. The number of para-hydroxylation sites is 1. The summed E-state index contributed by atoms with van der Waals surface area (Å²) in [6, 6.07) is 13.2. The molecule has 2 aromatic carbocycles. The molecule has 3 heterocycles. The van der Waals surface area contributed by atoms with E-state index in [1.165, 1.54) is 51.9 Å². The number of allylic oxidation sites excluding steroid dienone is 1. The zero-order chi connectivity index (χ0) is 25.8. The van der Waals surface area contributed by atoms with Gasteiger partial charge in [-0.3, -0.25) is 18.7 Å². The molecule has 5 rings (SSSR count). The van der Waals surface area contributed by atoms with Crippen LogP contribution >= 0.6 is 23.1 Å². The number of thioether (sulfide) groups is 1. The molecule has 0 spiro atoms. The van der Waals surface area contributed by atoms with Crippen LogP contribution in [0.5, 0.6) is 0 Å². The molecule has 36 heavy (non-hydrogen) atoms. The van der Waals surface area contributed by atoms with E-state index in [9.17, 15) is 22.6 Å². The van der Waals surface area contributed by atoms with Crippen LogP contribution in [0, 0.1) is 0 Å². The van der Waals surface area contributed by atoms with Crippen LogP contribution in [0.2, 0.25) is 0 Å². The Kier molecular flexibility index (Phi) is 5.99. The molecule has 0 radical (unpaired) electrons. The summed E-state index contributed by atoms with van der Waals surface area (Å²) in [6.07, 6.45) is 1.59. The number of hydrogen-bond donors (Lipinski definition) is 1. The largest absolute Gasteiger partial charge is 0.337 e. The number of rotatable bonds is 4. The molecule has 0 saturated carbocycles. The van der Waals surface area contributed by atoms with Gasteiger partial charge >= 0.3 is 0 Å². The molecule has 0 unspecified atom stereocenters. The highest BCUT2D eigenvalue weighted by atomic mass is 32.2. The van der Waals surface area contributed by atoms with E-state index in [4.69, 9.17) is 0 Å². The summed E-state index contributed by atoms with van der Waals surface area (Å²) in [6.45, 7) is 5.61. The van der Waals surface area contributed by atoms with Crippen molar-refractivity contribution in [2.24, 2.45) is 5.10 Å². The molecule has 1 N–H and O–H groups in total. The minimum absolute atomic E-state index is 0.176. The highest BCUT2D eigenvalue weighted by Crippen LogP contribution is 2.44. The number of carbonyl (C=O) groups is 1. The first-order chi connectivity index (χ1) is 17.1. The quantitative estimate of drug-likeness (QED) is 0.399. The van der Waals surface area contributed by atoms with Crippen molar-refractivity contribution >= 4 is 66.8 Å². The Morgan fingerprint density at radius 2 is 1.89 bits per heavy atom. The Labute approximate surface area is 214 Å². The van der Waals surface area contributed by atoms with Gasteiger partial charge in [-0.05, 0) is 37.3 Å². The van der Waals surface area contributed by atoms with Crippen molar-refractivity contribution in [1.82, 2.24) is 4.57 Å². The third-order valence-electron chi connectivity index (χ3n) is 5.72. The highest BCUT2D eigenvalue weighted by Gasteiger charge is 2.32. The maximum Gasteiger partial charge on any atom is 0.294 e. The third kappa shape index (κ3) is 3.91. The molecule has 0 fully saturated rings. The van der Waals surface area contributed by atoms with Gasteiger partial charge in [0.2, 0.25) is 0 Å². The lowest BCUT2D eigenvalue weighted by atomic mass is 10.2. The summed E-state index contributed by atoms with van der Waals surface area (Å²) >= 11 is 2.70. The molecule has 1 aromatic heterocycles. The van der Waals surface area contributed by atoms with Crippen LogP contribution in [-0.2, 0) is 21.5 Å². The summed E-state index contributed by atoms with van der Waals surface area (Å²) in [7, 11) is -2.56. The van der Waals surface area contributed by atoms with Crippen molar-refractivity contribution in [2.75, 3.05) is 17.0 Å². The summed E-state index contributed by atoms with van der Waals surface area (Å²) in [5.74, 6) is -0.508. The fourth-order valence-corrected chi connectivity index (χ4v) is 7.10. The zero-order valence-electron chi connectivity index (χ0n) is 19.2. The van der Waals surface area contributed by atoms with Crippen LogP contribution in [0.1, 0.15) is 6.92 Å². The lowest BCUT2D eigenvalue weighted by molar-refractivity contribution is -0.112. The summed E-state index contributed by atoms with van der Waals surface area (Å²) in [4.78, 5) is 29.7. The SMILES string of the molecule is C=CCn1c(=O)/c(=C2/Sc3ccccc3N2C)s/c1=C1\C(=O)N(c2cccc(S(=O)(=O)O)c2)N=C1C. The number of thiazole rings is 1. The van der Waals surface area contributed by atoms with Crippen LogP contribution in [0.25, 0.3) is 10.6 Å². The van der Waals surface area contributed by atoms with Crippen molar-refractivity contribution in [3.63, 3.8) is 0 Å². The van der Waals surface area contributed by atoms with Gasteiger partial charge in [0.15, 0.2) is 0 Å². The Bertz CT molecular complexity index is 1770. The lowest BCUT2D eigenvalue weighted by Crippen LogP contribution is -2.35. The number of anilines is 2. The lowest BCUT2D eigenvalue weighted by Gasteiger charge is -2.12. The van der Waals surface area contributed by atoms with Crippen molar-refractivity contribution in [3.8, 4) is 0 Å². The van der Waals surface area contributed by atoms with Crippen LogP contribution in [0.4, 0.5) is 11.4 Å². The molecule has 0 bridgehead atoms. The molecule has 2 aliphatic heterocycles. The molecule has 1 amide bonds. The average Bonchev–Trinajstić information content (AvgIpc) is 3.45. The highest BCUT2D eigenvalue weighted by molar-refractivity contribution is 8.08. The van der Waals surface area contributed by atoms with Crippen LogP contribution in [0.15, 0.2) is 80.9 Å². The first-order valence-electron chi connectivity index (χ1n) is 10.7. The number of nitrogens with zero attached hydrogens (tertiary/aromatic N) is 4. The van der Waals surface area contributed by atoms with E-state index in [0.717, 1.165) is 20.6 Å². The maximum absolute atomic E-state index is 13.5. The van der Waals surface area contributed by atoms with E-state index in [0.29, 0.717) is 14.9 Å². The van der Waals surface area contributed by atoms with Gasteiger partial charge in [-0.25, -0.2) is 0 Å². The maximum atomic E-state index is 13.5. The Morgan fingerprint density at radius 1 is 1.14 bits per heavy atom. The molecule has 12 heteroatoms. The van der Waals surface area contributed by atoms with Gasteiger partial charge in [0.25, 0.3) is 21.6 Å². The van der Waals surface area contributed by atoms with Crippen LogP contribution in [-0.4, -0.2) is 36.2 Å². The smallest absolute Gasteiger partial charge is 0.294 e. The van der Waals surface area contributed by atoms with E-state index < -0.39 is 16.0 Å². The molecule has 2 aliphatic rings. The van der Waals surface area contributed by atoms with E-state index in [-0.39, 0.29) is 28.3 Å². The minimum Gasteiger partial charge on any atom is -0.337 e. The average molecular weight is 541 g/mol. The van der Waals surface area contributed by atoms with Crippen molar-refractivity contribution < 1.29 is 17.8 Å². The van der Waals surface area contributed by atoms with Crippen LogP contribution in [0.3, 0.4) is 0 Å². The fourth-order valence-electron chi connectivity index (χ4n) is 4.03. The van der Waals surface area contributed by atoms with Crippen molar-refractivity contribution in [3.05, 3.63) is 80.7 Å². The molecular formula is C24H20N4O5S3. The minimum atomic E-state index is -4.46. The monoisotopic (exact) mass is 540 g/mol. The number of carbonyl (C=O) groups excluding carboxylic acids is 1. The normalized spacial score (nSPS) is 18.5. The second kappa shape index (κ2) is 8.89. The van der Waals surface area contributed by atoms with Gasteiger partial charge in [0, 0.05) is 18.5 Å². The standard InChI is InChI=1S/C24H20N4O5S3/c1-4-12-27-22(30)20(24-26(3)17-10-5-6-11-18(17)34-24)35-23(27)19-14(2)25-28(21(19)29)15-8-7-9-16(13-15)36(31,32)33/h4-11,13H,1,12H2,2-3H3,(H,31,32,33)/b23-19-,24-20-. The number of hydrogen-bond acceptors (Lipinski definition) is 8. The number of aromatic nitrogens is 1. The van der Waals surface area contributed by atoms with E-state index in [1.54, 1.807) is 13.0 Å². The van der Waals surface area contributed by atoms with Gasteiger partial charge < -0.3 is 4.90 Å².